The van der Waals surface area contributed by atoms with Gasteiger partial charge < -0.3 is 15.7 Å². The maximum absolute atomic E-state index is 12.3. The van der Waals surface area contributed by atoms with Gasteiger partial charge in [-0.2, -0.15) is 0 Å². The van der Waals surface area contributed by atoms with Gasteiger partial charge in [0.15, 0.2) is 0 Å². The Labute approximate surface area is 107 Å². The van der Waals surface area contributed by atoms with Crippen molar-refractivity contribution < 1.29 is 9.90 Å². The molecule has 1 fully saturated rings. The Hall–Kier alpha value is -1.55. The fraction of sp³-hybridized carbons (Fsp3) is 0.500. The van der Waals surface area contributed by atoms with Gasteiger partial charge in [0.25, 0.3) is 0 Å². The zero-order chi connectivity index (χ0) is 13.3. The molecule has 0 aliphatic heterocycles. The molecule has 18 heavy (non-hydrogen) atoms. The molecule has 2 rings (SSSR count). The normalized spacial score (nSPS) is 15.5. The van der Waals surface area contributed by atoms with E-state index in [1.54, 1.807) is 32.0 Å². The second-order valence-electron chi connectivity index (χ2n) is 5.56. The van der Waals surface area contributed by atoms with Crippen molar-refractivity contribution in [2.24, 2.45) is 5.73 Å². The van der Waals surface area contributed by atoms with E-state index >= 15 is 0 Å². The molecule has 4 heteroatoms. The van der Waals surface area contributed by atoms with Gasteiger partial charge in [0.05, 0.1) is 5.54 Å². The van der Waals surface area contributed by atoms with Crippen LogP contribution in [0.1, 0.15) is 32.3 Å². The fourth-order valence-electron chi connectivity index (χ4n) is 1.97. The lowest BCUT2D eigenvalue weighted by Gasteiger charge is -2.29. The topological polar surface area (TPSA) is 66.6 Å². The SMILES string of the molecule is CC(C)(N)C(=O)N(Cc1cccc(O)c1)C1CC1. The minimum atomic E-state index is -0.848. The third kappa shape index (κ3) is 3.01. The molecule has 3 N–H and O–H groups in total. The summed E-state index contributed by atoms with van der Waals surface area (Å²) in [5.41, 5.74) is 5.97. The maximum atomic E-state index is 12.3. The van der Waals surface area contributed by atoms with Gasteiger partial charge in [-0.25, -0.2) is 0 Å². The largest absolute Gasteiger partial charge is 0.508 e. The van der Waals surface area contributed by atoms with Crippen molar-refractivity contribution in [3.63, 3.8) is 0 Å². The van der Waals surface area contributed by atoms with Crippen LogP contribution in [-0.2, 0) is 11.3 Å². The van der Waals surface area contributed by atoms with Crippen molar-refractivity contribution >= 4 is 5.91 Å². The molecule has 0 saturated heterocycles. The van der Waals surface area contributed by atoms with E-state index in [4.69, 9.17) is 5.73 Å². The van der Waals surface area contributed by atoms with E-state index in [2.05, 4.69) is 0 Å². The summed E-state index contributed by atoms with van der Waals surface area (Å²) in [4.78, 5) is 14.1. The molecule has 1 amide bonds. The fourth-order valence-corrected chi connectivity index (χ4v) is 1.97. The molecule has 0 heterocycles. The number of hydrogen-bond donors (Lipinski definition) is 2. The van der Waals surface area contributed by atoms with Crippen LogP contribution >= 0.6 is 0 Å². The van der Waals surface area contributed by atoms with Crippen LogP contribution in [0.25, 0.3) is 0 Å². The monoisotopic (exact) mass is 248 g/mol. The van der Waals surface area contributed by atoms with Gasteiger partial charge >= 0.3 is 0 Å². The number of hydrogen-bond acceptors (Lipinski definition) is 3. The standard InChI is InChI=1S/C14H20N2O2/c1-14(2,15)13(18)16(11-6-7-11)9-10-4-3-5-12(17)8-10/h3-5,8,11,17H,6-7,9,15H2,1-2H3. The van der Waals surface area contributed by atoms with Crippen LogP contribution in [0.15, 0.2) is 24.3 Å². The molecule has 1 aliphatic rings. The molecule has 0 spiro atoms. The van der Waals surface area contributed by atoms with E-state index in [0.717, 1.165) is 18.4 Å². The smallest absolute Gasteiger partial charge is 0.242 e. The van der Waals surface area contributed by atoms with Gasteiger partial charge in [-0.1, -0.05) is 12.1 Å². The van der Waals surface area contributed by atoms with Crippen molar-refractivity contribution in [3.8, 4) is 5.75 Å². The molecule has 0 radical (unpaired) electrons. The molecule has 0 bridgehead atoms. The van der Waals surface area contributed by atoms with Crippen molar-refractivity contribution in [2.75, 3.05) is 0 Å². The minimum absolute atomic E-state index is 0.0339. The zero-order valence-electron chi connectivity index (χ0n) is 10.9. The Kier molecular flexibility index (Phi) is 3.30. The second-order valence-corrected chi connectivity index (χ2v) is 5.56. The van der Waals surface area contributed by atoms with Gasteiger partial charge in [0, 0.05) is 12.6 Å². The van der Waals surface area contributed by atoms with E-state index in [1.165, 1.54) is 0 Å². The Morgan fingerprint density at radius 3 is 2.67 bits per heavy atom. The molecule has 0 aromatic heterocycles. The number of nitrogens with two attached hydrogens (primary N) is 1. The predicted octanol–water partition coefficient (Wildman–Crippen LogP) is 1.62. The summed E-state index contributed by atoms with van der Waals surface area (Å²) in [6, 6.07) is 7.31. The number of phenolic OH excluding ortho intramolecular Hbond substituents is 1. The number of rotatable bonds is 4. The highest BCUT2D eigenvalue weighted by atomic mass is 16.3. The molecule has 98 valence electrons. The highest BCUT2D eigenvalue weighted by Gasteiger charge is 2.37. The van der Waals surface area contributed by atoms with E-state index in [-0.39, 0.29) is 11.7 Å². The Balaban J connectivity index is 2.14. The Morgan fingerprint density at radius 1 is 1.50 bits per heavy atom. The Bertz CT molecular complexity index is 447. The summed E-state index contributed by atoms with van der Waals surface area (Å²) in [7, 11) is 0. The van der Waals surface area contributed by atoms with Crippen LogP contribution in [0.4, 0.5) is 0 Å². The first-order valence-corrected chi connectivity index (χ1v) is 6.26. The van der Waals surface area contributed by atoms with Gasteiger partial charge in [0.2, 0.25) is 5.91 Å². The summed E-state index contributed by atoms with van der Waals surface area (Å²) < 4.78 is 0. The summed E-state index contributed by atoms with van der Waals surface area (Å²) in [5.74, 6) is 0.191. The van der Waals surface area contributed by atoms with E-state index in [9.17, 15) is 9.90 Å². The summed E-state index contributed by atoms with van der Waals surface area (Å²) in [6.07, 6.45) is 2.08. The average molecular weight is 248 g/mol. The third-order valence-electron chi connectivity index (χ3n) is 3.06. The molecule has 0 atom stereocenters. The molecular formula is C14H20N2O2. The lowest BCUT2D eigenvalue weighted by atomic mass is 10.0. The molecular weight excluding hydrogens is 228 g/mol. The van der Waals surface area contributed by atoms with Crippen molar-refractivity contribution in [2.45, 2.75) is 44.8 Å². The van der Waals surface area contributed by atoms with E-state index in [0.29, 0.717) is 12.6 Å². The maximum Gasteiger partial charge on any atom is 0.242 e. The van der Waals surface area contributed by atoms with Crippen LogP contribution in [0.2, 0.25) is 0 Å². The van der Waals surface area contributed by atoms with Crippen LogP contribution in [0, 0.1) is 0 Å². The third-order valence-corrected chi connectivity index (χ3v) is 3.06. The number of benzene rings is 1. The van der Waals surface area contributed by atoms with Crippen molar-refractivity contribution in [1.29, 1.82) is 0 Å². The lowest BCUT2D eigenvalue weighted by molar-refractivity contribution is -0.137. The number of amides is 1. The predicted molar refractivity (Wildman–Crippen MR) is 69.9 cm³/mol. The van der Waals surface area contributed by atoms with Gasteiger partial charge in [0.1, 0.15) is 5.75 Å². The van der Waals surface area contributed by atoms with E-state index < -0.39 is 5.54 Å². The molecule has 1 aromatic carbocycles. The second kappa shape index (κ2) is 4.61. The summed E-state index contributed by atoms with van der Waals surface area (Å²) >= 11 is 0. The van der Waals surface area contributed by atoms with E-state index in [1.807, 2.05) is 11.0 Å². The molecule has 4 nitrogen and oxygen atoms in total. The number of carbonyl (C=O) groups is 1. The average Bonchev–Trinajstić information content (AvgIpc) is 3.07. The minimum Gasteiger partial charge on any atom is -0.508 e. The molecule has 1 saturated carbocycles. The number of aromatic hydroxyl groups is 1. The van der Waals surface area contributed by atoms with Crippen LogP contribution in [0.3, 0.4) is 0 Å². The van der Waals surface area contributed by atoms with Crippen LogP contribution < -0.4 is 5.73 Å². The molecule has 1 aromatic rings. The van der Waals surface area contributed by atoms with Gasteiger partial charge in [-0.05, 0) is 44.4 Å². The Morgan fingerprint density at radius 2 is 2.17 bits per heavy atom. The van der Waals surface area contributed by atoms with Crippen LogP contribution in [0.5, 0.6) is 5.75 Å². The van der Waals surface area contributed by atoms with Crippen molar-refractivity contribution in [3.05, 3.63) is 29.8 Å². The number of carbonyl (C=O) groups excluding carboxylic acids is 1. The molecule has 1 aliphatic carbocycles. The van der Waals surface area contributed by atoms with Gasteiger partial charge in [-0.15, -0.1) is 0 Å². The summed E-state index contributed by atoms with van der Waals surface area (Å²) in [5, 5.41) is 9.45. The number of phenols is 1. The molecule has 0 unspecified atom stereocenters. The number of nitrogens with zero attached hydrogens (tertiary/aromatic N) is 1. The van der Waals surface area contributed by atoms with Crippen LogP contribution in [-0.4, -0.2) is 27.5 Å². The van der Waals surface area contributed by atoms with Crippen molar-refractivity contribution in [1.82, 2.24) is 4.90 Å². The first-order chi connectivity index (χ1) is 8.38. The summed E-state index contributed by atoms with van der Waals surface area (Å²) in [6.45, 7) is 3.97. The first kappa shape index (κ1) is 12.9. The first-order valence-electron chi connectivity index (χ1n) is 6.26. The lowest BCUT2D eigenvalue weighted by Crippen LogP contribution is -2.51. The zero-order valence-corrected chi connectivity index (χ0v) is 10.9. The quantitative estimate of drug-likeness (QED) is 0.851. The highest BCUT2D eigenvalue weighted by Crippen LogP contribution is 2.30. The highest BCUT2D eigenvalue weighted by molar-refractivity contribution is 5.85. The van der Waals surface area contributed by atoms with Gasteiger partial charge in [-0.3, -0.25) is 4.79 Å².